The maximum Gasteiger partial charge on any atom is 0.419 e. The van der Waals surface area contributed by atoms with Crippen LogP contribution in [0.3, 0.4) is 0 Å². The lowest BCUT2D eigenvalue weighted by Crippen LogP contribution is -2.08. The van der Waals surface area contributed by atoms with Gasteiger partial charge in [0.15, 0.2) is 5.82 Å². The molecule has 0 bridgehead atoms. The smallest absolute Gasteiger partial charge is 0.259 e. The summed E-state index contributed by atoms with van der Waals surface area (Å²) >= 11 is 0. The largest absolute Gasteiger partial charge is 0.419 e. The topological polar surface area (TPSA) is 12.9 Å². The molecule has 14 heavy (non-hydrogen) atoms. The molecule has 1 nitrogen and oxygen atoms in total. The summed E-state index contributed by atoms with van der Waals surface area (Å²) in [5.74, 6) is -1.34. The summed E-state index contributed by atoms with van der Waals surface area (Å²) in [4.78, 5) is 3.38. The maximum absolute atomic E-state index is 12.5. The van der Waals surface area contributed by atoms with E-state index in [-0.39, 0.29) is 5.69 Å². The van der Waals surface area contributed by atoms with Crippen molar-refractivity contribution >= 4 is 0 Å². The fourth-order valence-corrected chi connectivity index (χ4v) is 0.760. The van der Waals surface area contributed by atoms with Crippen LogP contribution in [0, 0.1) is 12.7 Å². The van der Waals surface area contributed by atoms with Crippen LogP contribution in [0.5, 0.6) is 0 Å². The van der Waals surface area contributed by atoms with Crippen LogP contribution in [0.4, 0.5) is 17.6 Å². The first-order valence-electron chi connectivity index (χ1n) is 4.10. The monoisotopic (exact) mass is 209 g/mol. The molecule has 0 aromatic carbocycles. The average molecular weight is 209 g/mol. The number of hydrogen-bond acceptors (Lipinski definition) is 1. The summed E-state index contributed by atoms with van der Waals surface area (Å²) < 4.78 is 48.4. The zero-order valence-electron chi connectivity index (χ0n) is 8.11. The van der Waals surface area contributed by atoms with Gasteiger partial charge in [0.05, 0.1) is 11.8 Å². The number of hydrogen-bond donors (Lipinski definition) is 0. The van der Waals surface area contributed by atoms with Gasteiger partial charge in [-0.15, -0.1) is 0 Å². The van der Waals surface area contributed by atoms with Gasteiger partial charge in [-0.3, -0.25) is 4.98 Å². The van der Waals surface area contributed by atoms with Crippen LogP contribution in [-0.4, -0.2) is 4.98 Å². The lowest BCUT2D eigenvalue weighted by molar-refractivity contribution is -0.140. The first kappa shape index (κ1) is 12.9. The minimum Gasteiger partial charge on any atom is -0.259 e. The zero-order chi connectivity index (χ0) is 11.4. The third-order valence-corrected chi connectivity index (χ3v) is 1.30. The number of aryl methyl sites for hydroxylation is 1. The molecule has 0 fully saturated rings. The van der Waals surface area contributed by atoms with Gasteiger partial charge in [-0.05, 0) is 13.0 Å². The number of aromatic nitrogens is 1. The van der Waals surface area contributed by atoms with Crippen molar-refractivity contribution in [3.8, 4) is 0 Å². The molecule has 0 atom stereocenters. The molecule has 0 spiro atoms. The second kappa shape index (κ2) is 4.93. The van der Waals surface area contributed by atoms with Crippen LogP contribution in [0.15, 0.2) is 12.3 Å². The second-order valence-corrected chi connectivity index (χ2v) is 2.30. The summed E-state index contributed by atoms with van der Waals surface area (Å²) in [7, 11) is 0. The quantitative estimate of drug-likeness (QED) is 0.595. The highest BCUT2D eigenvalue weighted by Gasteiger charge is 2.34. The molecular weight excluding hydrogens is 198 g/mol. The highest BCUT2D eigenvalue weighted by molar-refractivity contribution is 5.20. The number of pyridine rings is 1. The Morgan fingerprint density at radius 2 is 1.71 bits per heavy atom. The number of rotatable bonds is 0. The van der Waals surface area contributed by atoms with Gasteiger partial charge in [0, 0.05) is 5.69 Å². The third-order valence-electron chi connectivity index (χ3n) is 1.30. The van der Waals surface area contributed by atoms with Crippen molar-refractivity contribution in [1.82, 2.24) is 4.98 Å². The molecule has 0 unspecified atom stereocenters. The predicted molar refractivity (Wildman–Crippen MR) is 45.3 cm³/mol. The lowest BCUT2D eigenvalue weighted by atomic mass is 10.2. The van der Waals surface area contributed by atoms with Crippen LogP contribution in [-0.2, 0) is 6.18 Å². The van der Waals surface area contributed by atoms with Gasteiger partial charge in [-0.1, -0.05) is 13.8 Å². The van der Waals surface area contributed by atoms with Crippen LogP contribution in [0.1, 0.15) is 25.1 Å². The molecule has 0 saturated heterocycles. The van der Waals surface area contributed by atoms with Crippen molar-refractivity contribution in [1.29, 1.82) is 0 Å². The van der Waals surface area contributed by atoms with Crippen molar-refractivity contribution in [2.75, 3.05) is 0 Å². The Balaban J connectivity index is 0.000000791. The van der Waals surface area contributed by atoms with E-state index in [1.54, 1.807) is 0 Å². The van der Waals surface area contributed by atoms with E-state index in [9.17, 15) is 17.6 Å². The Hall–Kier alpha value is -1.13. The Bertz CT molecular complexity index is 293. The van der Waals surface area contributed by atoms with E-state index in [2.05, 4.69) is 4.98 Å². The molecule has 0 aliphatic rings. The van der Waals surface area contributed by atoms with Gasteiger partial charge in [-0.25, -0.2) is 4.39 Å². The van der Waals surface area contributed by atoms with Crippen LogP contribution in [0.2, 0.25) is 0 Å². The van der Waals surface area contributed by atoms with Gasteiger partial charge in [0.25, 0.3) is 0 Å². The van der Waals surface area contributed by atoms with Crippen molar-refractivity contribution in [2.45, 2.75) is 26.9 Å². The normalized spacial score (nSPS) is 10.5. The minimum absolute atomic E-state index is 0.142. The molecule has 1 rings (SSSR count). The van der Waals surface area contributed by atoms with Crippen LogP contribution in [0.25, 0.3) is 0 Å². The molecule has 0 N–H and O–H groups in total. The Morgan fingerprint density at radius 3 is 2.07 bits per heavy atom. The van der Waals surface area contributed by atoms with E-state index < -0.39 is 17.6 Å². The van der Waals surface area contributed by atoms with Gasteiger partial charge in [0.2, 0.25) is 0 Å². The fourth-order valence-electron chi connectivity index (χ4n) is 0.760. The van der Waals surface area contributed by atoms with Crippen molar-refractivity contribution in [3.63, 3.8) is 0 Å². The second-order valence-electron chi connectivity index (χ2n) is 2.30. The lowest BCUT2D eigenvalue weighted by Gasteiger charge is -2.07. The Morgan fingerprint density at radius 1 is 1.21 bits per heavy atom. The average Bonchev–Trinajstić information content (AvgIpc) is 2.11. The van der Waals surface area contributed by atoms with Gasteiger partial charge >= 0.3 is 6.18 Å². The Kier molecular flexibility index (Phi) is 4.53. The minimum atomic E-state index is -4.64. The highest BCUT2D eigenvalue weighted by atomic mass is 19.4. The molecule has 0 saturated carbocycles. The summed E-state index contributed by atoms with van der Waals surface area (Å²) in [6.45, 7) is 5.37. The summed E-state index contributed by atoms with van der Waals surface area (Å²) in [5, 5.41) is 0. The molecule has 0 radical (unpaired) electrons. The molecule has 5 heteroatoms. The van der Waals surface area contributed by atoms with E-state index in [4.69, 9.17) is 0 Å². The molecule has 0 aliphatic carbocycles. The molecule has 0 aliphatic heterocycles. The molecule has 1 aromatic heterocycles. The third kappa shape index (κ3) is 3.32. The maximum atomic E-state index is 12.5. The van der Waals surface area contributed by atoms with Crippen molar-refractivity contribution < 1.29 is 17.6 Å². The molecule has 1 heterocycles. The molecular formula is C9H11F4N. The molecule has 1 aromatic rings. The van der Waals surface area contributed by atoms with Crippen molar-refractivity contribution in [3.05, 3.63) is 29.3 Å². The SMILES string of the molecule is CC.Cc1cc(C(F)(F)F)c(F)cn1. The Labute approximate surface area is 79.8 Å². The standard InChI is InChI=1S/C7H5F4N.C2H6/c1-4-2-5(7(9,10)11)6(8)3-12-4;1-2/h2-3H,1H3;1-2H3. The van der Waals surface area contributed by atoms with E-state index in [0.29, 0.717) is 12.3 Å². The predicted octanol–water partition coefficient (Wildman–Crippen LogP) is 3.57. The van der Waals surface area contributed by atoms with Gasteiger partial charge in [0.1, 0.15) is 0 Å². The van der Waals surface area contributed by atoms with E-state index in [1.807, 2.05) is 13.8 Å². The summed E-state index contributed by atoms with van der Waals surface area (Å²) in [5.41, 5.74) is -1.13. The first-order chi connectivity index (χ1) is 6.41. The number of nitrogens with zero attached hydrogens (tertiary/aromatic N) is 1. The number of halogens is 4. The van der Waals surface area contributed by atoms with E-state index in [1.165, 1.54) is 6.92 Å². The van der Waals surface area contributed by atoms with Gasteiger partial charge < -0.3 is 0 Å². The van der Waals surface area contributed by atoms with E-state index >= 15 is 0 Å². The highest BCUT2D eigenvalue weighted by Crippen LogP contribution is 2.30. The molecule has 0 amide bonds. The molecule has 80 valence electrons. The van der Waals surface area contributed by atoms with Crippen LogP contribution < -0.4 is 0 Å². The van der Waals surface area contributed by atoms with Crippen LogP contribution >= 0.6 is 0 Å². The summed E-state index contributed by atoms with van der Waals surface area (Å²) in [6.07, 6.45) is -4.07. The zero-order valence-corrected chi connectivity index (χ0v) is 8.11. The van der Waals surface area contributed by atoms with E-state index in [0.717, 1.165) is 0 Å². The fraction of sp³-hybridized carbons (Fsp3) is 0.444. The first-order valence-corrected chi connectivity index (χ1v) is 4.10. The van der Waals surface area contributed by atoms with Crippen molar-refractivity contribution in [2.24, 2.45) is 0 Å². The summed E-state index contributed by atoms with van der Waals surface area (Å²) in [6, 6.07) is 0.676. The number of alkyl halides is 3. The van der Waals surface area contributed by atoms with Gasteiger partial charge in [-0.2, -0.15) is 13.2 Å².